The molecule has 0 aromatic heterocycles. The molecule has 1 aliphatic carbocycles. The van der Waals surface area contributed by atoms with E-state index >= 15 is 0 Å². The van der Waals surface area contributed by atoms with Gasteiger partial charge < -0.3 is 9.84 Å². The molecule has 1 aromatic rings. The average molecular weight is 220 g/mol. The van der Waals surface area contributed by atoms with Crippen LogP contribution in [-0.2, 0) is 4.74 Å². The van der Waals surface area contributed by atoms with E-state index in [1.165, 1.54) is 24.0 Å². The molecule has 1 saturated carbocycles. The second-order valence-corrected chi connectivity index (χ2v) is 4.77. The minimum atomic E-state index is 0.124. The normalized spacial score (nSPS) is 17.4. The Kier molecular flexibility index (Phi) is 3.97. The third kappa shape index (κ3) is 3.32. The largest absolute Gasteiger partial charge is 0.396 e. The second-order valence-electron chi connectivity index (χ2n) is 4.77. The van der Waals surface area contributed by atoms with Crippen molar-refractivity contribution < 1.29 is 9.84 Å². The van der Waals surface area contributed by atoms with Crippen LogP contribution in [-0.4, -0.2) is 24.9 Å². The molecule has 0 aliphatic heterocycles. The van der Waals surface area contributed by atoms with Gasteiger partial charge in [-0.2, -0.15) is 0 Å². The first-order valence-electron chi connectivity index (χ1n) is 6.04. The molecule has 88 valence electrons. The van der Waals surface area contributed by atoms with Crippen molar-refractivity contribution in [3.05, 3.63) is 35.4 Å². The van der Waals surface area contributed by atoms with Crippen molar-refractivity contribution in [3.63, 3.8) is 0 Å². The van der Waals surface area contributed by atoms with Crippen LogP contribution in [0.5, 0.6) is 0 Å². The van der Waals surface area contributed by atoms with Gasteiger partial charge in [-0.3, -0.25) is 0 Å². The summed E-state index contributed by atoms with van der Waals surface area (Å²) in [4.78, 5) is 0. The van der Waals surface area contributed by atoms with Crippen molar-refractivity contribution in [2.75, 3.05) is 19.8 Å². The van der Waals surface area contributed by atoms with Gasteiger partial charge in [0.25, 0.3) is 0 Å². The van der Waals surface area contributed by atoms with Crippen molar-refractivity contribution in [2.45, 2.75) is 25.7 Å². The number of aryl methyl sites for hydroxylation is 1. The molecule has 0 heterocycles. The highest BCUT2D eigenvalue weighted by molar-refractivity contribution is 5.24. The lowest BCUT2D eigenvalue weighted by molar-refractivity contribution is 0.0921. The summed E-state index contributed by atoms with van der Waals surface area (Å²) in [7, 11) is 0. The molecular formula is C14H20O2. The van der Waals surface area contributed by atoms with Crippen LogP contribution in [0.25, 0.3) is 0 Å². The van der Waals surface area contributed by atoms with Crippen molar-refractivity contribution >= 4 is 0 Å². The Morgan fingerprint density at radius 2 is 2.00 bits per heavy atom. The van der Waals surface area contributed by atoms with Gasteiger partial charge in [-0.05, 0) is 31.2 Å². The molecule has 1 aromatic carbocycles. The number of rotatable bonds is 6. The van der Waals surface area contributed by atoms with E-state index in [9.17, 15) is 5.11 Å². The van der Waals surface area contributed by atoms with E-state index in [1.807, 2.05) is 0 Å². The van der Waals surface area contributed by atoms with Gasteiger partial charge in [-0.1, -0.05) is 29.8 Å². The Morgan fingerprint density at radius 1 is 1.31 bits per heavy atom. The van der Waals surface area contributed by atoms with E-state index in [0.717, 1.165) is 12.5 Å². The maximum Gasteiger partial charge on any atom is 0.0556 e. The van der Waals surface area contributed by atoms with E-state index in [4.69, 9.17) is 4.74 Å². The fourth-order valence-electron chi connectivity index (χ4n) is 1.75. The van der Waals surface area contributed by atoms with Crippen LogP contribution in [0.15, 0.2) is 24.3 Å². The lowest BCUT2D eigenvalue weighted by Gasteiger charge is -2.15. The Morgan fingerprint density at radius 3 is 2.56 bits per heavy atom. The van der Waals surface area contributed by atoms with Crippen LogP contribution in [0.2, 0.25) is 0 Å². The summed E-state index contributed by atoms with van der Waals surface area (Å²) in [5, 5.41) is 9.35. The minimum absolute atomic E-state index is 0.124. The molecule has 0 saturated heterocycles. The predicted molar refractivity (Wildman–Crippen MR) is 64.5 cm³/mol. The van der Waals surface area contributed by atoms with Crippen LogP contribution >= 0.6 is 0 Å². The fraction of sp³-hybridized carbons (Fsp3) is 0.571. The van der Waals surface area contributed by atoms with Gasteiger partial charge >= 0.3 is 0 Å². The van der Waals surface area contributed by atoms with Crippen molar-refractivity contribution in [2.24, 2.45) is 5.92 Å². The molecular weight excluding hydrogens is 200 g/mol. The summed E-state index contributed by atoms with van der Waals surface area (Å²) >= 11 is 0. The monoisotopic (exact) mass is 220 g/mol. The average Bonchev–Trinajstić information content (AvgIpc) is 3.10. The highest BCUT2D eigenvalue weighted by atomic mass is 16.5. The molecule has 2 rings (SSSR count). The highest BCUT2D eigenvalue weighted by Crippen LogP contribution is 2.29. The standard InChI is InChI=1S/C14H20O2/c1-11-2-6-13(7-3-11)14(8-15)10-16-9-12-4-5-12/h2-3,6-7,12,14-15H,4-5,8-10H2,1H3. The maximum atomic E-state index is 9.35. The first-order chi connectivity index (χ1) is 7.79. The topological polar surface area (TPSA) is 29.5 Å². The van der Waals surface area contributed by atoms with Gasteiger partial charge in [0.15, 0.2) is 0 Å². The van der Waals surface area contributed by atoms with Gasteiger partial charge in [0.05, 0.1) is 13.2 Å². The zero-order valence-corrected chi connectivity index (χ0v) is 9.86. The summed E-state index contributed by atoms with van der Waals surface area (Å²) < 4.78 is 5.64. The van der Waals surface area contributed by atoms with Gasteiger partial charge in [-0.25, -0.2) is 0 Å². The Balaban J connectivity index is 1.84. The molecule has 16 heavy (non-hydrogen) atoms. The molecule has 1 atom stereocenters. The van der Waals surface area contributed by atoms with Crippen LogP contribution in [0.1, 0.15) is 29.9 Å². The van der Waals surface area contributed by atoms with Gasteiger partial charge in [0.1, 0.15) is 0 Å². The lowest BCUT2D eigenvalue weighted by atomic mass is 10.00. The molecule has 1 fully saturated rings. The van der Waals surface area contributed by atoms with E-state index in [2.05, 4.69) is 31.2 Å². The van der Waals surface area contributed by atoms with Crippen LogP contribution in [0.3, 0.4) is 0 Å². The van der Waals surface area contributed by atoms with Crippen LogP contribution < -0.4 is 0 Å². The molecule has 0 amide bonds. The number of hydrogen-bond donors (Lipinski definition) is 1. The highest BCUT2D eigenvalue weighted by Gasteiger charge is 2.22. The van der Waals surface area contributed by atoms with Crippen molar-refractivity contribution in [3.8, 4) is 0 Å². The number of ether oxygens (including phenoxy) is 1. The smallest absolute Gasteiger partial charge is 0.0556 e. The SMILES string of the molecule is Cc1ccc(C(CO)COCC2CC2)cc1. The predicted octanol–water partition coefficient (Wildman–Crippen LogP) is 2.50. The Hall–Kier alpha value is -0.860. The van der Waals surface area contributed by atoms with Crippen LogP contribution in [0, 0.1) is 12.8 Å². The van der Waals surface area contributed by atoms with E-state index < -0.39 is 0 Å². The van der Waals surface area contributed by atoms with E-state index in [0.29, 0.717) is 6.61 Å². The molecule has 0 spiro atoms. The summed E-state index contributed by atoms with van der Waals surface area (Å²) in [5.41, 5.74) is 2.42. The van der Waals surface area contributed by atoms with Crippen LogP contribution in [0.4, 0.5) is 0 Å². The second kappa shape index (κ2) is 5.46. The summed E-state index contributed by atoms with van der Waals surface area (Å²) in [6, 6.07) is 8.32. The van der Waals surface area contributed by atoms with Gasteiger partial charge in [-0.15, -0.1) is 0 Å². The molecule has 2 nitrogen and oxygen atoms in total. The van der Waals surface area contributed by atoms with Gasteiger partial charge in [0, 0.05) is 12.5 Å². The number of aliphatic hydroxyl groups is 1. The molecule has 1 N–H and O–H groups in total. The number of hydrogen-bond acceptors (Lipinski definition) is 2. The van der Waals surface area contributed by atoms with Crippen molar-refractivity contribution in [1.29, 1.82) is 0 Å². The maximum absolute atomic E-state index is 9.35. The van der Waals surface area contributed by atoms with E-state index in [1.54, 1.807) is 0 Å². The first-order valence-corrected chi connectivity index (χ1v) is 6.04. The summed E-state index contributed by atoms with van der Waals surface area (Å²) in [5.74, 6) is 0.914. The van der Waals surface area contributed by atoms with Gasteiger partial charge in [0.2, 0.25) is 0 Å². The molecule has 2 heteroatoms. The van der Waals surface area contributed by atoms with Crippen molar-refractivity contribution in [1.82, 2.24) is 0 Å². The fourth-order valence-corrected chi connectivity index (χ4v) is 1.75. The Labute approximate surface area is 97.3 Å². The summed E-state index contributed by atoms with van der Waals surface area (Å²) in [6.07, 6.45) is 2.63. The minimum Gasteiger partial charge on any atom is -0.396 e. The molecule has 0 radical (unpaired) electrons. The number of aliphatic hydroxyl groups excluding tert-OH is 1. The quantitative estimate of drug-likeness (QED) is 0.798. The first kappa shape index (κ1) is 11.6. The zero-order chi connectivity index (χ0) is 11.4. The lowest BCUT2D eigenvalue weighted by Crippen LogP contribution is -2.13. The molecule has 1 aliphatic rings. The third-order valence-corrected chi connectivity index (χ3v) is 3.14. The van der Waals surface area contributed by atoms with E-state index in [-0.39, 0.29) is 12.5 Å². The number of benzene rings is 1. The molecule has 1 unspecified atom stereocenters. The zero-order valence-electron chi connectivity index (χ0n) is 9.86. The summed E-state index contributed by atoms with van der Waals surface area (Å²) in [6.45, 7) is 3.73. The molecule has 0 bridgehead atoms. The Bertz CT molecular complexity index is 314. The third-order valence-electron chi connectivity index (χ3n) is 3.14.